The molecule has 0 heterocycles. The summed E-state index contributed by atoms with van der Waals surface area (Å²) in [5.74, 6) is 0.888. The minimum atomic E-state index is -0.213. The molecule has 2 N–H and O–H groups in total. The highest BCUT2D eigenvalue weighted by Crippen LogP contribution is 2.28. The van der Waals surface area contributed by atoms with Gasteiger partial charge in [-0.05, 0) is 67.1 Å². The zero-order valence-corrected chi connectivity index (χ0v) is 15.6. The molecule has 0 atom stereocenters. The standard InChI is InChI=1S/C22H22N2O3/c1-15-5-4-6-19(13-15)23-17-8-10-18(11-9-17)24-22(25)16-7-12-20(26-2)21(14-16)27-3/h4-14,23H,1-3H3,(H,24,25). The maximum Gasteiger partial charge on any atom is 0.255 e. The lowest BCUT2D eigenvalue weighted by molar-refractivity contribution is 0.102. The lowest BCUT2D eigenvalue weighted by Crippen LogP contribution is -2.12. The molecule has 3 aromatic rings. The highest BCUT2D eigenvalue weighted by atomic mass is 16.5. The molecule has 0 unspecified atom stereocenters. The van der Waals surface area contributed by atoms with Crippen LogP contribution in [-0.2, 0) is 0 Å². The van der Waals surface area contributed by atoms with Crippen molar-refractivity contribution in [3.8, 4) is 11.5 Å². The predicted octanol–water partition coefficient (Wildman–Crippen LogP) is 5.01. The number of hydrogen-bond donors (Lipinski definition) is 2. The summed E-state index contributed by atoms with van der Waals surface area (Å²) in [5.41, 5.74) is 4.37. The molecular weight excluding hydrogens is 340 g/mol. The molecule has 3 rings (SSSR count). The van der Waals surface area contributed by atoms with Crippen molar-refractivity contribution in [2.45, 2.75) is 6.92 Å². The van der Waals surface area contributed by atoms with E-state index in [0.29, 0.717) is 22.7 Å². The molecule has 0 bridgehead atoms. The van der Waals surface area contributed by atoms with Crippen molar-refractivity contribution in [1.82, 2.24) is 0 Å². The Labute approximate surface area is 158 Å². The summed E-state index contributed by atoms with van der Waals surface area (Å²) in [6.07, 6.45) is 0. The number of anilines is 3. The summed E-state index contributed by atoms with van der Waals surface area (Å²) >= 11 is 0. The highest BCUT2D eigenvalue weighted by Gasteiger charge is 2.11. The molecule has 1 amide bonds. The molecule has 0 aliphatic carbocycles. The monoisotopic (exact) mass is 362 g/mol. The molecule has 0 saturated carbocycles. The number of carbonyl (C=O) groups is 1. The first kappa shape index (κ1) is 18.3. The van der Waals surface area contributed by atoms with Gasteiger partial charge in [0.25, 0.3) is 5.91 Å². The second-order valence-corrected chi connectivity index (χ2v) is 6.10. The van der Waals surface area contributed by atoms with Gasteiger partial charge in [-0.3, -0.25) is 4.79 Å². The first-order chi connectivity index (χ1) is 13.1. The molecule has 0 spiro atoms. The van der Waals surface area contributed by atoms with Crippen LogP contribution in [0.1, 0.15) is 15.9 Å². The Kier molecular flexibility index (Phi) is 5.61. The normalized spacial score (nSPS) is 10.2. The van der Waals surface area contributed by atoms with Crippen LogP contribution in [0.5, 0.6) is 11.5 Å². The number of methoxy groups -OCH3 is 2. The van der Waals surface area contributed by atoms with Gasteiger partial charge < -0.3 is 20.1 Å². The van der Waals surface area contributed by atoms with Crippen molar-refractivity contribution >= 4 is 23.0 Å². The van der Waals surface area contributed by atoms with Crippen LogP contribution < -0.4 is 20.1 Å². The summed E-state index contributed by atoms with van der Waals surface area (Å²) in [4.78, 5) is 12.5. The molecule has 0 saturated heterocycles. The fourth-order valence-electron chi connectivity index (χ4n) is 2.71. The number of hydrogen-bond acceptors (Lipinski definition) is 4. The Bertz CT molecular complexity index is 937. The van der Waals surface area contributed by atoms with E-state index in [9.17, 15) is 4.79 Å². The van der Waals surface area contributed by atoms with Gasteiger partial charge in [0.15, 0.2) is 11.5 Å². The van der Waals surface area contributed by atoms with Gasteiger partial charge in [-0.25, -0.2) is 0 Å². The lowest BCUT2D eigenvalue weighted by atomic mass is 10.1. The summed E-state index contributed by atoms with van der Waals surface area (Å²) in [5, 5.41) is 6.23. The first-order valence-corrected chi connectivity index (χ1v) is 8.56. The molecule has 27 heavy (non-hydrogen) atoms. The SMILES string of the molecule is COc1ccc(C(=O)Nc2ccc(Nc3cccc(C)c3)cc2)cc1OC. The molecule has 5 heteroatoms. The van der Waals surface area contributed by atoms with Crippen LogP contribution in [0, 0.1) is 6.92 Å². The van der Waals surface area contributed by atoms with E-state index in [2.05, 4.69) is 29.7 Å². The lowest BCUT2D eigenvalue weighted by Gasteiger charge is -2.11. The Balaban J connectivity index is 1.68. The largest absolute Gasteiger partial charge is 0.493 e. The van der Waals surface area contributed by atoms with Crippen molar-refractivity contribution in [2.24, 2.45) is 0 Å². The van der Waals surface area contributed by atoms with Gasteiger partial charge in [-0.15, -0.1) is 0 Å². The number of benzene rings is 3. The Hall–Kier alpha value is -3.47. The third kappa shape index (κ3) is 4.58. The predicted molar refractivity (Wildman–Crippen MR) is 108 cm³/mol. The fraction of sp³-hybridized carbons (Fsp3) is 0.136. The summed E-state index contributed by atoms with van der Waals surface area (Å²) in [6, 6.07) is 20.8. The van der Waals surface area contributed by atoms with Crippen molar-refractivity contribution in [2.75, 3.05) is 24.9 Å². The molecule has 0 aliphatic rings. The van der Waals surface area contributed by atoms with E-state index in [4.69, 9.17) is 9.47 Å². The van der Waals surface area contributed by atoms with Gasteiger partial charge in [-0.2, -0.15) is 0 Å². The zero-order valence-electron chi connectivity index (χ0n) is 15.6. The third-order valence-corrected chi connectivity index (χ3v) is 4.10. The van der Waals surface area contributed by atoms with Crippen LogP contribution in [0.15, 0.2) is 66.7 Å². The van der Waals surface area contributed by atoms with Gasteiger partial charge in [0, 0.05) is 22.6 Å². The van der Waals surface area contributed by atoms with E-state index in [0.717, 1.165) is 11.4 Å². The van der Waals surface area contributed by atoms with Crippen LogP contribution in [0.4, 0.5) is 17.1 Å². The van der Waals surface area contributed by atoms with E-state index >= 15 is 0 Å². The van der Waals surface area contributed by atoms with E-state index in [1.165, 1.54) is 5.56 Å². The topological polar surface area (TPSA) is 59.6 Å². The quantitative estimate of drug-likeness (QED) is 0.647. The van der Waals surface area contributed by atoms with Gasteiger partial charge in [0.1, 0.15) is 0 Å². The van der Waals surface area contributed by atoms with Crippen LogP contribution in [-0.4, -0.2) is 20.1 Å². The van der Waals surface area contributed by atoms with Crippen molar-refractivity contribution < 1.29 is 14.3 Å². The fourth-order valence-corrected chi connectivity index (χ4v) is 2.71. The van der Waals surface area contributed by atoms with Crippen molar-refractivity contribution in [3.05, 3.63) is 77.9 Å². The van der Waals surface area contributed by atoms with Gasteiger partial charge in [-0.1, -0.05) is 12.1 Å². The number of ether oxygens (including phenoxy) is 2. The number of amides is 1. The van der Waals surface area contributed by atoms with Crippen molar-refractivity contribution in [1.29, 1.82) is 0 Å². The number of aryl methyl sites for hydroxylation is 1. The van der Waals surface area contributed by atoms with Gasteiger partial charge in [0.2, 0.25) is 0 Å². The Morgan fingerprint density at radius 1 is 0.778 bits per heavy atom. The average molecular weight is 362 g/mol. The molecular formula is C22H22N2O3. The third-order valence-electron chi connectivity index (χ3n) is 4.10. The molecule has 0 aromatic heterocycles. The van der Waals surface area contributed by atoms with E-state index < -0.39 is 0 Å². The molecule has 0 fully saturated rings. The molecule has 138 valence electrons. The van der Waals surface area contributed by atoms with Crippen LogP contribution in [0.25, 0.3) is 0 Å². The zero-order chi connectivity index (χ0) is 19.2. The average Bonchev–Trinajstić information content (AvgIpc) is 2.69. The van der Waals surface area contributed by atoms with Crippen LogP contribution in [0.2, 0.25) is 0 Å². The van der Waals surface area contributed by atoms with E-state index in [1.807, 2.05) is 36.4 Å². The molecule has 5 nitrogen and oxygen atoms in total. The van der Waals surface area contributed by atoms with Crippen LogP contribution in [0.3, 0.4) is 0 Å². The van der Waals surface area contributed by atoms with Crippen molar-refractivity contribution in [3.63, 3.8) is 0 Å². The maximum absolute atomic E-state index is 12.5. The molecule has 0 radical (unpaired) electrons. The van der Waals surface area contributed by atoms with E-state index in [-0.39, 0.29) is 5.91 Å². The Morgan fingerprint density at radius 2 is 1.48 bits per heavy atom. The first-order valence-electron chi connectivity index (χ1n) is 8.56. The van der Waals surface area contributed by atoms with Crippen LogP contribution >= 0.6 is 0 Å². The number of nitrogens with one attached hydrogen (secondary N) is 2. The Morgan fingerprint density at radius 3 is 2.15 bits per heavy atom. The number of rotatable bonds is 6. The smallest absolute Gasteiger partial charge is 0.255 e. The summed E-state index contributed by atoms with van der Waals surface area (Å²) < 4.78 is 10.4. The van der Waals surface area contributed by atoms with Gasteiger partial charge >= 0.3 is 0 Å². The number of carbonyl (C=O) groups excluding carboxylic acids is 1. The van der Waals surface area contributed by atoms with E-state index in [1.54, 1.807) is 32.4 Å². The summed E-state index contributed by atoms with van der Waals surface area (Å²) in [7, 11) is 3.10. The summed E-state index contributed by atoms with van der Waals surface area (Å²) in [6.45, 7) is 2.05. The molecule has 3 aromatic carbocycles. The second-order valence-electron chi connectivity index (χ2n) is 6.10. The minimum Gasteiger partial charge on any atom is -0.493 e. The van der Waals surface area contributed by atoms with Gasteiger partial charge in [0.05, 0.1) is 14.2 Å². The molecule has 0 aliphatic heterocycles. The highest BCUT2D eigenvalue weighted by molar-refractivity contribution is 6.04. The second kappa shape index (κ2) is 8.27. The maximum atomic E-state index is 12.5. The minimum absolute atomic E-state index is 0.213.